The van der Waals surface area contributed by atoms with E-state index in [-0.39, 0.29) is 0 Å². The molecule has 1 heterocycles. The Morgan fingerprint density at radius 1 is 1.50 bits per heavy atom. The lowest BCUT2D eigenvalue weighted by Gasteiger charge is -2.17. The maximum Gasteiger partial charge on any atom is 0.0558 e. The van der Waals surface area contributed by atoms with Crippen LogP contribution in [0.4, 0.5) is 0 Å². The van der Waals surface area contributed by atoms with Crippen molar-refractivity contribution in [2.75, 3.05) is 46.9 Å². The van der Waals surface area contributed by atoms with Crippen molar-refractivity contribution in [1.82, 2.24) is 9.80 Å². The van der Waals surface area contributed by atoms with Gasteiger partial charge in [-0.05, 0) is 33.0 Å². The molecule has 0 aromatic carbocycles. The molecule has 0 aliphatic carbocycles. The maximum absolute atomic E-state index is 8.74. The molecule has 0 radical (unpaired) electrons. The third-order valence-electron chi connectivity index (χ3n) is 2.41. The van der Waals surface area contributed by atoms with Crippen LogP contribution in [0.2, 0.25) is 0 Å². The molecule has 1 N–H and O–H groups in total. The molecular weight excluding hydrogens is 152 g/mol. The monoisotopic (exact) mass is 172 g/mol. The summed E-state index contributed by atoms with van der Waals surface area (Å²) in [7, 11) is 4.24. The van der Waals surface area contributed by atoms with Gasteiger partial charge in [-0.15, -0.1) is 0 Å². The zero-order valence-electron chi connectivity index (χ0n) is 8.16. The SMILES string of the molecule is CN(C)C[C@H]1CCN(CCO)C1. The number of nitrogens with zero attached hydrogens (tertiary/aromatic N) is 2. The van der Waals surface area contributed by atoms with E-state index in [1.165, 1.54) is 26.1 Å². The summed E-state index contributed by atoms with van der Waals surface area (Å²) in [6.07, 6.45) is 1.29. The zero-order chi connectivity index (χ0) is 8.97. The molecular formula is C9H20N2O. The molecule has 0 aromatic heterocycles. The molecule has 1 fully saturated rings. The largest absolute Gasteiger partial charge is 0.395 e. The first-order valence-electron chi connectivity index (χ1n) is 4.70. The number of rotatable bonds is 4. The predicted molar refractivity (Wildman–Crippen MR) is 50.2 cm³/mol. The van der Waals surface area contributed by atoms with Crippen molar-refractivity contribution in [3.8, 4) is 0 Å². The van der Waals surface area contributed by atoms with Gasteiger partial charge < -0.3 is 14.9 Å². The van der Waals surface area contributed by atoms with Crippen LogP contribution in [0.15, 0.2) is 0 Å². The van der Waals surface area contributed by atoms with Crippen LogP contribution in [-0.2, 0) is 0 Å². The summed E-state index contributed by atoms with van der Waals surface area (Å²) in [6.45, 7) is 4.67. The van der Waals surface area contributed by atoms with Gasteiger partial charge in [-0.3, -0.25) is 0 Å². The van der Waals surface area contributed by atoms with Crippen molar-refractivity contribution in [3.63, 3.8) is 0 Å². The van der Waals surface area contributed by atoms with Crippen LogP contribution in [0.25, 0.3) is 0 Å². The predicted octanol–water partition coefficient (Wildman–Crippen LogP) is -0.138. The summed E-state index contributed by atoms with van der Waals surface area (Å²) >= 11 is 0. The molecule has 0 bridgehead atoms. The Morgan fingerprint density at radius 2 is 2.25 bits per heavy atom. The summed E-state index contributed by atoms with van der Waals surface area (Å²) in [6, 6.07) is 0. The minimum atomic E-state index is 0.300. The Hall–Kier alpha value is -0.120. The number of β-amino-alcohol motifs (C(OH)–C–C–N with tert-alkyl or cyclic N) is 1. The van der Waals surface area contributed by atoms with Gasteiger partial charge in [0.2, 0.25) is 0 Å². The summed E-state index contributed by atoms with van der Waals surface area (Å²) in [4.78, 5) is 4.58. The smallest absolute Gasteiger partial charge is 0.0558 e. The van der Waals surface area contributed by atoms with Crippen molar-refractivity contribution in [1.29, 1.82) is 0 Å². The first-order chi connectivity index (χ1) is 5.72. The van der Waals surface area contributed by atoms with Gasteiger partial charge in [0.15, 0.2) is 0 Å². The number of hydrogen-bond acceptors (Lipinski definition) is 3. The second kappa shape index (κ2) is 4.80. The molecule has 0 unspecified atom stereocenters. The lowest BCUT2D eigenvalue weighted by Crippen LogP contribution is -2.27. The molecule has 1 saturated heterocycles. The topological polar surface area (TPSA) is 26.7 Å². The van der Waals surface area contributed by atoms with E-state index in [2.05, 4.69) is 23.9 Å². The Morgan fingerprint density at radius 3 is 2.83 bits per heavy atom. The number of aliphatic hydroxyl groups is 1. The van der Waals surface area contributed by atoms with Gasteiger partial charge in [-0.1, -0.05) is 0 Å². The third kappa shape index (κ3) is 3.09. The first-order valence-corrected chi connectivity index (χ1v) is 4.70. The number of hydrogen-bond donors (Lipinski definition) is 1. The van der Waals surface area contributed by atoms with E-state index in [1.54, 1.807) is 0 Å². The minimum absolute atomic E-state index is 0.300. The number of likely N-dealkylation sites (tertiary alicyclic amines) is 1. The van der Waals surface area contributed by atoms with E-state index in [4.69, 9.17) is 5.11 Å². The van der Waals surface area contributed by atoms with Crippen molar-refractivity contribution in [2.24, 2.45) is 5.92 Å². The quantitative estimate of drug-likeness (QED) is 0.639. The molecule has 0 spiro atoms. The van der Waals surface area contributed by atoms with E-state index in [0.29, 0.717) is 6.61 Å². The molecule has 3 nitrogen and oxygen atoms in total. The zero-order valence-corrected chi connectivity index (χ0v) is 8.16. The Labute approximate surface area is 75.0 Å². The molecule has 72 valence electrons. The molecule has 0 saturated carbocycles. The Bertz CT molecular complexity index is 128. The third-order valence-corrected chi connectivity index (χ3v) is 2.41. The van der Waals surface area contributed by atoms with Crippen molar-refractivity contribution in [2.45, 2.75) is 6.42 Å². The highest BCUT2D eigenvalue weighted by Crippen LogP contribution is 2.15. The molecule has 0 amide bonds. The molecule has 12 heavy (non-hydrogen) atoms. The van der Waals surface area contributed by atoms with Gasteiger partial charge >= 0.3 is 0 Å². The van der Waals surface area contributed by atoms with E-state index in [1.807, 2.05) is 0 Å². The van der Waals surface area contributed by atoms with Crippen LogP contribution in [0.1, 0.15) is 6.42 Å². The summed E-state index contributed by atoms with van der Waals surface area (Å²) in [5.74, 6) is 0.812. The lowest BCUT2D eigenvalue weighted by molar-refractivity contribution is 0.213. The maximum atomic E-state index is 8.74. The van der Waals surface area contributed by atoms with Crippen molar-refractivity contribution in [3.05, 3.63) is 0 Å². The van der Waals surface area contributed by atoms with Crippen LogP contribution in [-0.4, -0.2) is 61.8 Å². The second-order valence-corrected chi connectivity index (χ2v) is 3.94. The normalized spacial score (nSPS) is 25.5. The van der Waals surface area contributed by atoms with Gasteiger partial charge in [0.25, 0.3) is 0 Å². The van der Waals surface area contributed by atoms with Crippen LogP contribution >= 0.6 is 0 Å². The highest BCUT2D eigenvalue weighted by atomic mass is 16.3. The molecule has 0 aromatic rings. The summed E-state index contributed by atoms with van der Waals surface area (Å²) in [5, 5.41) is 8.74. The fraction of sp³-hybridized carbons (Fsp3) is 1.00. The fourth-order valence-electron chi connectivity index (χ4n) is 1.92. The van der Waals surface area contributed by atoms with Gasteiger partial charge in [0.1, 0.15) is 0 Å². The van der Waals surface area contributed by atoms with E-state index in [0.717, 1.165) is 12.5 Å². The second-order valence-electron chi connectivity index (χ2n) is 3.94. The minimum Gasteiger partial charge on any atom is -0.395 e. The highest BCUT2D eigenvalue weighted by Gasteiger charge is 2.21. The van der Waals surface area contributed by atoms with Gasteiger partial charge in [0.05, 0.1) is 6.61 Å². The van der Waals surface area contributed by atoms with Gasteiger partial charge in [-0.25, -0.2) is 0 Å². The number of aliphatic hydroxyl groups excluding tert-OH is 1. The van der Waals surface area contributed by atoms with E-state index >= 15 is 0 Å². The molecule has 1 atom stereocenters. The van der Waals surface area contributed by atoms with Crippen LogP contribution in [0.3, 0.4) is 0 Å². The van der Waals surface area contributed by atoms with E-state index < -0.39 is 0 Å². The average molecular weight is 172 g/mol. The Kier molecular flexibility index (Phi) is 3.98. The summed E-state index contributed by atoms with van der Waals surface area (Å²) < 4.78 is 0. The molecule has 1 aliphatic rings. The Balaban J connectivity index is 2.16. The highest BCUT2D eigenvalue weighted by molar-refractivity contribution is 4.76. The van der Waals surface area contributed by atoms with Gasteiger partial charge in [0, 0.05) is 19.6 Å². The average Bonchev–Trinajstić information content (AvgIpc) is 2.36. The van der Waals surface area contributed by atoms with E-state index in [9.17, 15) is 0 Å². The first kappa shape index (κ1) is 9.96. The van der Waals surface area contributed by atoms with Crippen molar-refractivity contribution < 1.29 is 5.11 Å². The van der Waals surface area contributed by atoms with Crippen molar-refractivity contribution >= 4 is 0 Å². The fourth-order valence-corrected chi connectivity index (χ4v) is 1.92. The molecule has 1 rings (SSSR count). The summed E-state index contributed by atoms with van der Waals surface area (Å²) in [5.41, 5.74) is 0. The molecule has 1 aliphatic heterocycles. The van der Waals surface area contributed by atoms with Crippen LogP contribution < -0.4 is 0 Å². The standard InChI is InChI=1S/C9H20N2O/c1-10(2)7-9-3-4-11(8-9)5-6-12/h9,12H,3-8H2,1-2H3/t9-/m1/s1. The molecule has 3 heteroatoms. The van der Waals surface area contributed by atoms with Gasteiger partial charge in [-0.2, -0.15) is 0 Å². The van der Waals surface area contributed by atoms with Crippen LogP contribution in [0, 0.1) is 5.92 Å². The lowest BCUT2D eigenvalue weighted by atomic mass is 10.1. The van der Waals surface area contributed by atoms with Crippen LogP contribution in [0.5, 0.6) is 0 Å².